The molecule has 0 bridgehead atoms. The van der Waals surface area contributed by atoms with E-state index >= 15 is 0 Å². The van der Waals surface area contributed by atoms with Crippen molar-refractivity contribution in [2.75, 3.05) is 16.2 Å². The van der Waals surface area contributed by atoms with Crippen LogP contribution in [-0.2, 0) is 16.4 Å². The summed E-state index contributed by atoms with van der Waals surface area (Å²) >= 11 is 0. The number of aryl methyl sites for hydroxylation is 1. The summed E-state index contributed by atoms with van der Waals surface area (Å²) in [6, 6.07) is 16.2. The van der Waals surface area contributed by atoms with Crippen LogP contribution >= 0.6 is 0 Å². The number of sulfonamides is 1. The third-order valence-corrected chi connectivity index (χ3v) is 3.97. The van der Waals surface area contributed by atoms with Crippen molar-refractivity contribution in [2.24, 2.45) is 0 Å². The Labute approximate surface area is 113 Å². The highest BCUT2D eigenvalue weighted by atomic mass is 32.2. The van der Waals surface area contributed by atoms with Crippen molar-refractivity contribution >= 4 is 21.4 Å². The highest BCUT2D eigenvalue weighted by molar-refractivity contribution is 7.92. The number of benzene rings is 2. The predicted molar refractivity (Wildman–Crippen MR) is 78.4 cm³/mol. The van der Waals surface area contributed by atoms with E-state index < -0.39 is 10.0 Å². The molecule has 0 saturated carbocycles. The topological polar surface area (TPSA) is 72.2 Å². The van der Waals surface area contributed by atoms with E-state index in [1.165, 1.54) is 0 Å². The maximum absolute atomic E-state index is 11.9. The summed E-state index contributed by atoms with van der Waals surface area (Å²) in [4.78, 5) is 0. The van der Waals surface area contributed by atoms with Gasteiger partial charge < -0.3 is 5.73 Å². The largest absolute Gasteiger partial charge is 0.399 e. The quantitative estimate of drug-likeness (QED) is 0.823. The molecule has 19 heavy (non-hydrogen) atoms. The van der Waals surface area contributed by atoms with Gasteiger partial charge in [0.25, 0.3) is 0 Å². The van der Waals surface area contributed by atoms with E-state index in [2.05, 4.69) is 4.72 Å². The van der Waals surface area contributed by atoms with Gasteiger partial charge in [-0.05, 0) is 36.2 Å². The van der Waals surface area contributed by atoms with Gasteiger partial charge in [0.1, 0.15) is 0 Å². The smallest absolute Gasteiger partial charge is 0.233 e. The Morgan fingerprint density at radius 1 is 0.947 bits per heavy atom. The van der Waals surface area contributed by atoms with Gasteiger partial charge in [0.15, 0.2) is 0 Å². The molecule has 0 radical (unpaired) electrons. The van der Waals surface area contributed by atoms with Gasteiger partial charge in [0, 0.05) is 11.4 Å². The number of nitrogens with two attached hydrogens (primary N) is 1. The molecule has 0 fully saturated rings. The number of rotatable bonds is 5. The molecule has 0 saturated heterocycles. The molecule has 0 unspecified atom stereocenters. The predicted octanol–water partition coefficient (Wildman–Crippen LogP) is 2.25. The minimum Gasteiger partial charge on any atom is -0.399 e. The van der Waals surface area contributed by atoms with E-state index in [1.54, 1.807) is 24.3 Å². The van der Waals surface area contributed by atoms with Gasteiger partial charge in [0.05, 0.1) is 5.75 Å². The standard InChI is InChI=1S/C14H16N2O2S/c15-13-6-8-14(9-7-13)16-19(17,18)11-10-12-4-2-1-3-5-12/h1-9,16H,10-11,15H2. The molecule has 0 amide bonds. The molecule has 0 atom stereocenters. The third-order valence-electron chi connectivity index (χ3n) is 2.69. The van der Waals surface area contributed by atoms with Crippen LogP contribution in [0.2, 0.25) is 0 Å². The fraction of sp³-hybridized carbons (Fsp3) is 0.143. The van der Waals surface area contributed by atoms with Crippen LogP contribution in [0, 0.1) is 0 Å². The van der Waals surface area contributed by atoms with E-state index in [-0.39, 0.29) is 5.75 Å². The van der Waals surface area contributed by atoms with Gasteiger partial charge in [0.2, 0.25) is 10.0 Å². The van der Waals surface area contributed by atoms with Gasteiger partial charge >= 0.3 is 0 Å². The van der Waals surface area contributed by atoms with Crippen LogP contribution in [0.1, 0.15) is 5.56 Å². The Morgan fingerprint density at radius 2 is 1.58 bits per heavy atom. The lowest BCUT2D eigenvalue weighted by atomic mass is 10.2. The van der Waals surface area contributed by atoms with Gasteiger partial charge in [-0.2, -0.15) is 0 Å². The van der Waals surface area contributed by atoms with Crippen LogP contribution in [0.25, 0.3) is 0 Å². The van der Waals surface area contributed by atoms with E-state index in [1.807, 2.05) is 30.3 Å². The third kappa shape index (κ3) is 4.30. The van der Waals surface area contributed by atoms with Gasteiger partial charge in [-0.15, -0.1) is 0 Å². The minimum atomic E-state index is -3.34. The van der Waals surface area contributed by atoms with Crippen molar-refractivity contribution < 1.29 is 8.42 Å². The van der Waals surface area contributed by atoms with Crippen molar-refractivity contribution in [3.63, 3.8) is 0 Å². The van der Waals surface area contributed by atoms with E-state index in [9.17, 15) is 8.42 Å². The minimum absolute atomic E-state index is 0.0569. The first kappa shape index (κ1) is 13.4. The summed E-state index contributed by atoms with van der Waals surface area (Å²) in [5.74, 6) is 0.0569. The maximum Gasteiger partial charge on any atom is 0.233 e. The molecule has 0 heterocycles. The first-order valence-electron chi connectivity index (χ1n) is 5.95. The second kappa shape index (κ2) is 5.75. The van der Waals surface area contributed by atoms with Crippen LogP contribution in [0.3, 0.4) is 0 Å². The van der Waals surface area contributed by atoms with Crippen molar-refractivity contribution in [1.82, 2.24) is 0 Å². The zero-order valence-corrected chi connectivity index (χ0v) is 11.2. The number of nitrogen functional groups attached to an aromatic ring is 1. The molecule has 2 aromatic rings. The molecule has 0 aliphatic rings. The van der Waals surface area contributed by atoms with Crippen molar-refractivity contribution in [3.05, 3.63) is 60.2 Å². The summed E-state index contributed by atoms with van der Waals surface area (Å²) in [6.45, 7) is 0. The second-order valence-electron chi connectivity index (χ2n) is 4.28. The van der Waals surface area contributed by atoms with Gasteiger partial charge in [-0.25, -0.2) is 8.42 Å². The van der Waals surface area contributed by atoms with Crippen molar-refractivity contribution in [3.8, 4) is 0 Å². The Bertz CT molecular complexity index is 622. The Balaban J connectivity index is 1.97. The maximum atomic E-state index is 11.9. The molecule has 4 nitrogen and oxygen atoms in total. The number of hydrogen-bond acceptors (Lipinski definition) is 3. The molecule has 2 rings (SSSR count). The lowest BCUT2D eigenvalue weighted by molar-refractivity contribution is 0.600. The van der Waals surface area contributed by atoms with E-state index in [0.717, 1.165) is 5.56 Å². The van der Waals surface area contributed by atoms with Crippen LogP contribution < -0.4 is 10.5 Å². The van der Waals surface area contributed by atoms with E-state index in [4.69, 9.17) is 5.73 Å². The van der Waals surface area contributed by atoms with Gasteiger partial charge in [-0.1, -0.05) is 30.3 Å². The Hall–Kier alpha value is -2.01. The van der Waals surface area contributed by atoms with Gasteiger partial charge in [-0.3, -0.25) is 4.72 Å². The zero-order chi connectivity index (χ0) is 13.7. The summed E-state index contributed by atoms with van der Waals surface area (Å²) in [6.07, 6.45) is 0.491. The van der Waals surface area contributed by atoms with Crippen molar-refractivity contribution in [1.29, 1.82) is 0 Å². The van der Waals surface area contributed by atoms with E-state index in [0.29, 0.717) is 17.8 Å². The lowest BCUT2D eigenvalue weighted by Gasteiger charge is -2.08. The molecule has 100 valence electrons. The van der Waals surface area contributed by atoms with Crippen LogP contribution in [0.5, 0.6) is 0 Å². The highest BCUT2D eigenvalue weighted by Gasteiger charge is 2.10. The summed E-state index contributed by atoms with van der Waals surface area (Å²) in [5, 5.41) is 0. The lowest BCUT2D eigenvalue weighted by Crippen LogP contribution is -2.18. The fourth-order valence-electron chi connectivity index (χ4n) is 1.68. The van der Waals surface area contributed by atoms with Crippen LogP contribution in [0.15, 0.2) is 54.6 Å². The number of nitrogens with one attached hydrogen (secondary N) is 1. The second-order valence-corrected chi connectivity index (χ2v) is 6.12. The monoisotopic (exact) mass is 276 g/mol. The van der Waals surface area contributed by atoms with Crippen LogP contribution in [-0.4, -0.2) is 14.2 Å². The molecular formula is C14H16N2O2S. The average Bonchev–Trinajstić information content (AvgIpc) is 2.40. The Kier molecular flexibility index (Phi) is 4.06. The van der Waals surface area contributed by atoms with Crippen molar-refractivity contribution in [2.45, 2.75) is 6.42 Å². The fourth-order valence-corrected chi connectivity index (χ4v) is 2.78. The zero-order valence-electron chi connectivity index (χ0n) is 10.4. The normalized spacial score (nSPS) is 11.2. The first-order valence-corrected chi connectivity index (χ1v) is 7.60. The number of anilines is 2. The van der Waals surface area contributed by atoms with Crippen LogP contribution in [0.4, 0.5) is 11.4 Å². The summed E-state index contributed by atoms with van der Waals surface area (Å²) in [5.41, 5.74) is 7.69. The molecule has 0 aliphatic carbocycles. The molecular weight excluding hydrogens is 260 g/mol. The first-order chi connectivity index (χ1) is 9.05. The molecule has 3 N–H and O–H groups in total. The Morgan fingerprint density at radius 3 is 2.21 bits per heavy atom. The highest BCUT2D eigenvalue weighted by Crippen LogP contribution is 2.13. The molecule has 0 aromatic heterocycles. The molecule has 0 spiro atoms. The average molecular weight is 276 g/mol. The SMILES string of the molecule is Nc1ccc(NS(=O)(=O)CCc2ccccc2)cc1. The molecule has 5 heteroatoms. The number of hydrogen-bond donors (Lipinski definition) is 2. The summed E-state index contributed by atoms with van der Waals surface area (Å²) in [7, 11) is -3.34. The molecule has 2 aromatic carbocycles. The molecule has 0 aliphatic heterocycles. The summed E-state index contributed by atoms with van der Waals surface area (Å²) < 4.78 is 26.4.